The number of benzene rings is 2. The molecule has 1 aliphatic rings. The van der Waals surface area contributed by atoms with Gasteiger partial charge in [-0.1, -0.05) is 30.3 Å². The van der Waals surface area contributed by atoms with Gasteiger partial charge in [0.1, 0.15) is 5.69 Å². The quantitative estimate of drug-likeness (QED) is 0.657. The molecule has 7 nitrogen and oxygen atoms in total. The van der Waals surface area contributed by atoms with Crippen LogP contribution in [0.4, 0.5) is 11.4 Å². The van der Waals surface area contributed by atoms with Gasteiger partial charge in [0.2, 0.25) is 0 Å². The molecule has 1 heterocycles. The number of morpholine rings is 1. The zero-order valence-corrected chi connectivity index (χ0v) is 14.6. The molecule has 0 aliphatic carbocycles. The molecule has 1 atom stereocenters. The van der Waals surface area contributed by atoms with Crippen LogP contribution in [0.25, 0.3) is 0 Å². The number of carbonyl (C=O) groups is 1. The van der Waals surface area contributed by atoms with E-state index in [1.54, 1.807) is 17.0 Å². The molecule has 0 bridgehead atoms. The van der Waals surface area contributed by atoms with Crippen molar-refractivity contribution < 1.29 is 14.5 Å². The highest BCUT2D eigenvalue weighted by molar-refractivity contribution is 5.95. The zero-order valence-electron chi connectivity index (χ0n) is 14.6. The molecule has 1 fully saturated rings. The Morgan fingerprint density at radius 3 is 2.54 bits per heavy atom. The molecule has 0 aromatic heterocycles. The predicted octanol–water partition coefficient (Wildman–Crippen LogP) is 3.24. The van der Waals surface area contributed by atoms with Crippen molar-refractivity contribution >= 4 is 17.3 Å². The largest absolute Gasteiger partial charge is 0.378 e. The molecule has 3 rings (SSSR count). The third-order valence-corrected chi connectivity index (χ3v) is 4.41. The first-order chi connectivity index (χ1) is 12.6. The lowest BCUT2D eigenvalue weighted by atomic mass is 10.1. The van der Waals surface area contributed by atoms with Crippen LogP contribution in [0.3, 0.4) is 0 Å². The summed E-state index contributed by atoms with van der Waals surface area (Å²) < 4.78 is 5.24. The van der Waals surface area contributed by atoms with E-state index in [2.05, 4.69) is 5.32 Å². The summed E-state index contributed by atoms with van der Waals surface area (Å²) in [5, 5.41) is 14.7. The van der Waals surface area contributed by atoms with Crippen LogP contribution < -0.4 is 5.32 Å². The number of nitrogens with one attached hydrogen (secondary N) is 1. The first-order valence-electron chi connectivity index (χ1n) is 8.53. The fourth-order valence-electron chi connectivity index (χ4n) is 2.95. The third kappa shape index (κ3) is 4.00. The second-order valence-electron chi connectivity index (χ2n) is 6.17. The molecule has 1 saturated heterocycles. The minimum Gasteiger partial charge on any atom is -0.378 e. The fourth-order valence-corrected chi connectivity index (χ4v) is 2.95. The van der Waals surface area contributed by atoms with Crippen molar-refractivity contribution in [2.45, 2.75) is 13.0 Å². The molecule has 7 heteroatoms. The highest BCUT2D eigenvalue weighted by atomic mass is 16.6. The monoisotopic (exact) mass is 355 g/mol. The Balaban J connectivity index is 1.82. The van der Waals surface area contributed by atoms with Crippen LogP contribution >= 0.6 is 0 Å². The topological polar surface area (TPSA) is 84.7 Å². The molecule has 0 saturated carbocycles. The Morgan fingerprint density at radius 1 is 1.19 bits per heavy atom. The first kappa shape index (κ1) is 17.9. The van der Waals surface area contributed by atoms with Crippen LogP contribution in [0.15, 0.2) is 48.5 Å². The molecule has 1 unspecified atom stereocenters. The number of nitro groups is 1. The molecule has 26 heavy (non-hydrogen) atoms. The molecule has 0 spiro atoms. The van der Waals surface area contributed by atoms with Gasteiger partial charge < -0.3 is 15.0 Å². The summed E-state index contributed by atoms with van der Waals surface area (Å²) in [4.78, 5) is 25.3. The Morgan fingerprint density at radius 2 is 1.88 bits per heavy atom. The maximum Gasteiger partial charge on any atom is 0.293 e. The van der Waals surface area contributed by atoms with Crippen molar-refractivity contribution in [3.05, 3.63) is 69.8 Å². The fraction of sp³-hybridized carbons (Fsp3) is 0.316. The number of nitro benzene ring substituents is 1. The van der Waals surface area contributed by atoms with Crippen LogP contribution in [0.1, 0.15) is 28.9 Å². The van der Waals surface area contributed by atoms with Crippen molar-refractivity contribution in [1.82, 2.24) is 4.90 Å². The number of carbonyl (C=O) groups excluding carboxylic acids is 1. The normalized spacial score (nSPS) is 15.3. The zero-order chi connectivity index (χ0) is 18.5. The van der Waals surface area contributed by atoms with E-state index >= 15 is 0 Å². The number of ether oxygens (including phenoxy) is 1. The van der Waals surface area contributed by atoms with Crippen molar-refractivity contribution in [3.8, 4) is 0 Å². The van der Waals surface area contributed by atoms with Crippen molar-refractivity contribution in [1.29, 1.82) is 0 Å². The van der Waals surface area contributed by atoms with Gasteiger partial charge in [0, 0.05) is 30.8 Å². The lowest BCUT2D eigenvalue weighted by molar-refractivity contribution is -0.384. The predicted molar refractivity (Wildman–Crippen MR) is 98.3 cm³/mol. The number of rotatable bonds is 5. The molecule has 2 aromatic rings. The average Bonchev–Trinajstić information content (AvgIpc) is 2.69. The lowest BCUT2D eigenvalue weighted by Crippen LogP contribution is -2.40. The van der Waals surface area contributed by atoms with Crippen LogP contribution in [-0.2, 0) is 4.74 Å². The van der Waals surface area contributed by atoms with E-state index in [0.29, 0.717) is 37.6 Å². The number of nitrogens with zero attached hydrogens (tertiary/aromatic N) is 2. The van der Waals surface area contributed by atoms with Gasteiger partial charge in [0.15, 0.2) is 0 Å². The van der Waals surface area contributed by atoms with Gasteiger partial charge in [0.05, 0.1) is 18.1 Å². The number of anilines is 1. The summed E-state index contributed by atoms with van der Waals surface area (Å²) in [7, 11) is 0. The summed E-state index contributed by atoms with van der Waals surface area (Å²) in [6, 6.07) is 14.2. The summed E-state index contributed by atoms with van der Waals surface area (Å²) in [6.45, 7) is 3.91. The van der Waals surface area contributed by atoms with Gasteiger partial charge in [-0.2, -0.15) is 0 Å². The van der Waals surface area contributed by atoms with Gasteiger partial charge in [-0.05, 0) is 24.6 Å². The highest BCUT2D eigenvalue weighted by Crippen LogP contribution is 2.29. The van der Waals surface area contributed by atoms with Crippen LogP contribution in [0, 0.1) is 10.1 Å². The summed E-state index contributed by atoms with van der Waals surface area (Å²) in [5.74, 6) is -0.209. The maximum absolute atomic E-state index is 12.6. The van der Waals surface area contributed by atoms with Crippen LogP contribution in [-0.4, -0.2) is 42.0 Å². The number of hydrogen-bond donors (Lipinski definition) is 1. The number of hydrogen-bond acceptors (Lipinski definition) is 5. The highest BCUT2D eigenvalue weighted by Gasteiger charge is 2.23. The molecule has 2 aromatic carbocycles. The van der Waals surface area contributed by atoms with E-state index in [4.69, 9.17) is 4.74 Å². The van der Waals surface area contributed by atoms with Gasteiger partial charge in [-0.25, -0.2) is 0 Å². The van der Waals surface area contributed by atoms with Crippen molar-refractivity contribution in [3.63, 3.8) is 0 Å². The minimum absolute atomic E-state index is 0.101. The number of amides is 1. The van der Waals surface area contributed by atoms with E-state index in [1.807, 2.05) is 37.3 Å². The molecule has 136 valence electrons. The molecule has 0 radical (unpaired) electrons. The summed E-state index contributed by atoms with van der Waals surface area (Å²) in [5.41, 5.74) is 1.63. The SMILES string of the molecule is CC(Nc1ccc(C(=O)N2CCOCC2)cc1[N+](=O)[O-])c1ccccc1. The van der Waals surface area contributed by atoms with E-state index in [0.717, 1.165) is 5.56 Å². The lowest BCUT2D eigenvalue weighted by Gasteiger charge is -2.27. The average molecular weight is 355 g/mol. The summed E-state index contributed by atoms with van der Waals surface area (Å²) >= 11 is 0. The Labute approximate surface area is 151 Å². The van der Waals surface area contributed by atoms with Gasteiger partial charge in [0.25, 0.3) is 11.6 Å². The van der Waals surface area contributed by atoms with E-state index < -0.39 is 4.92 Å². The van der Waals surface area contributed by atoms with Gasteiger partial charge in [-0.3, -0.25) is 14.9 Å². The smallest absolute Gasteiger partial charge is 0.293 e. The second kappa shape index (κ2) is 7.97. The van der Waals surface area contributed by atoms with Crippen molar-refractivity contribution in [2.24, 2.45) is 0 Å². The van der Waals surface area contributed by atoms with E-state index in [-0.39, 0.29) is 17.6 Å². The Kier molecular flexibility index (Phi) is 5.48. The standard InChI is InChI=1S/C19H21N3O4/c1-14(15-5-3-2-4-6-15)20-17-8-7-16(13-18(17)22(24)25)19(23)21-9-11-26-12-10-21/h2-8,13-14,20H,9-12H2,1H3. The van der Waals surface area contributed by atoms with E-state index in [9.17, 15) is 14.9 Å². The van der Waals surface area contributed by atoms with Crippen LogP contribution in [0.2, 0.25) is 0 Å². The summed E-state index contributed by atoms with van der Waals surface area (Å²) in [6.07, 6.45) is 0. The molecule has 1 N–H and O–H groups in total. The maximum atomic E-state index is 12.6. The molecule has 1 aliphatic heterocycles. The third-order valence-electron chi connectivity index (χ3n) is 4.41. The molecular formula is C19H21N3O4. The minimum atomic E-state index is -0.462. The second-order valence-corrected chi connectivity index (χ2v) is 6.17. The molecular weight excluding hydrogens is 334 g/mol. The Hall–Kier alpha value is -2.93. The first-order valence-corrected chi connectivity index (χ1v) is 8.53. The Bertz CT molecular complexity index is 789. The van der Waals surface area contributed by atoms with Crippen molar-refractivity contribution in [2.75, 3.05) is 31.6 Å². The van der Waals surface area contributed by atoms with Gasteiger partial charge in [-0.15, -0.1) is 0 Å². The van der Waals surface area contributed by atoms with Gasteiger partial charge >= 0.3 is 0 Å². The molecule has 1 amide bonds. The van der Waals surface area contributed by atoms with Crippen LogP contribution in [0.5, 0.6) is 0 Å². The van der Waals surface area contributed by atoms with E-state index in [1.165, 1.54) is 6.07 Å².